The number of hydrogen-bond acceptors (Lipinski definition) is 4. The summed E-state index contributed by atoms with van der Waals surface area (Å²) in [5.41, 5.74) is 2.14. The standard InChI is InChI=1S/C12H18N2O2/c1-14(2)11-6-4-3-5-9(11)13-10-7-16-8-12(10)15/h3-6,10,12-13,15H,7-8H2,1-2H3. The van der Waals surface area contributed by atoms with E-state index in [0.29, 0.717) is 13.2 Å². The highest BCUT2D eigenvalue weighted by Crippen LogP contribution is 2.25. The van der Waals surface area contributed by atoms with Crippen molar-refractivity contribution in [3.63, 3.8) is 0 Å². The molecular weight excluding hydrogens is 204 g/mol. The molecule has 4 heteroatoms. The molecule has 0 saturated carbocycles. The maximum atomic E-state index is 9.68. The third kappa shape index (κ3) is 2.28. The molecule has 16 heavy (non-hydrogen) atoms. The SMILES string of the molecule is CN(C)c1ccccc1NC1COCC1O. The minimum absolute atomic E-state index is 0.0129. The van der Waals surface area contributed by atoms with Crippen molar-refractivity contribution in [1.29, 1.82) is 0 Å². The Balaban J connectivity index is 2.14. The fraction of sp³-hybridized carbons (Fsp3) is 0.500. The average Bonchev–Trinajstić information content (AvgIpc) is 2.65. The fourth-order valence-corrected chi connectivity index (χ4v) is 1.87. The number of hydrogen-bond donors (Lipinski definition) is 2. The van der Waals surface area contributed by atoms with Crippen molar-refractivity contribution in [1.82, 2.24) is 0 Å². The van der Waals surface area contributed by atoms with Crippen LogP contribution in [0.1, 0.15) is 0 Å². The van der Waals surface area contributed by atoms with Gasteiger partial charge in [0, 0.05) is 14.1 Å². The molecule has 1 aliphatic heterocycles. The molecule has 1 fully saturated rings. The molecule has 1 aromatic rings. The van der Waals surface area contributed by atoms with Crippen molar-refractivity contribution >= 4 is 11.4 Å². The van der Waals surface area contributed by atoms with E-state index in [2.05, 4.69) is 5.32 Å². The third-order valence-corrected chi connectivity index (χ3v) is 2.78. The number of rotatable bonds is 3. The second kappa shape index (κ2) is 4.72. The summed E-state index contributed by atoms with van der Waals surface area (Å²) in [7, 11) is 4.00. The lowest BCUT2D eigenvalue weighted by Crippen LogP contribution is -2.32. The zero-order valence-corrected chi connectivity index (χ0v) is 9.68. The molecule has 4 nitrogen and oxygen atoms in total. The van der Waals surface area contributed by atoms with Gasteiger partial charge >= 0.3 is 0 Å². The second-order valence-corrected chi connectivity index (χ2v) is 4.27. The van der Waals surface area contributed by atoms with Gasteiger partial charge < -0.3 is 20.1 Å². The molecule has 2 N–H and O–H groups in total. The van der Waals surface area contributed by atoms with Gasteiger partial charge in [0.15, 0.2) is 0 Å². The molecule has 0 aromatic heterocycles. The van der Waals surface area contributed by atoms with E-state index in [4.69, 9.17) is 4.74 Å². The first-order chi connectivity index (χ1) is 7.68. The molecule has 0 aliphatic carbocycles. The largest absolute Gasteiger partial charge is 0.388 e. The first kappa shape index (κ1) is 11.2. The Bertz CT molecular complexity index is 355. The minimum atomic E-state index is -0.421. The smallest absolute Gasteiger partial charge is 0.0996 e. The molecule has 2 rings (SSSR count). The lowest BCUT2D eigenvalue weighted by Gasteiger charge is -2.22. The number of nitrogens with one attached hydrogen (secondary N) is 1. The van der Waals surface area contributed by atoms with Crippen LogP contribution in [0.4, 0.5) is 11.4 Å². The van der Waals surface area contributed by atoms with Crippen molar-refractivity contribution in [2.24, 2.45) is 0 Å². The highest BCUT2D eigenvalue weighted by atomic mass is 16.5. The number of benzene rings is 1. The summed E-state index contributed by atoms with van der Waals surface area (Å²) in [6.45, 7) is 0.977. The molecule has 1 saturated heterocycles. The molecule has 1 aliphatic rings. The Morgan fingerprint density at radius 2 is 2.06 bits per heavy atom. The van der Waals surface area contributed by atoms with E-state index in [-0.39, 0.29) is 6.04 Å². The Morgan fingerprint density at radius 3 is 2.69 bits per heavy atom. The van der Waals surface area contributed by atoms with E-state index in [1.54, 1.807) is 0 Å². The summed E-state index contributed by atoms with van der Waals surface area (Å²) in [4.78, 5) is 2.05. The number of ether oxygens (including phenoxy) is 1. The Labute approximate surface area is 95.8 Å². The molecule has 1 aromatic carbocycles. The number of aliphatic hydroxyl groups is 1. The van der Waals surface area contributed by atoms with Crippen LogP contribution in [0, 0.1) is 0 Å². The quantitative estimate of drug-likeness (QED) is 0.798. The summed E-state index contributed by atoms with van der Waals surface area (Å²) >= 11 is 0. The fourth-order valence-electron chi connectivity index (χ4n) is 1.87. The van der Waals surface area contributed by atoms with Gasteiger partial charge in [0.1, 0.15) is 0 Å². The van der Waals surface area contributed by atoms with Gasteiger partial charge in [-0.3, -0.25) is 0 Å². The van der Waals surface area contributed by atoms with Crippen LogP contribution in [0.15, 0.2) is 24.3 Å². The highest BCUT2D eigenvalue weighted by molar-refractivity contribution is 5.69. The molecule has 0 bridgehead atoms. The average molecular weight is 222 g/mol. The summed E-state index contributed by atoms with van der Waals surface area (Å²) in [5.74, 6) is 0. The molecule has 0 spiro atoms. The van der Waals surface area contributed by atoms with Gasteiger partial charge in [-0.05, 0) is 12.1 Å². The first-order valence-corrected chi connectivity index (χ1v) is 5.47. The van der Waals surface area contributed by atoms with E-state index in [9.17, 15) is 5.11 Å². The van der Waals surface area contributed by atoms with Gasteiger partial charge in [-0.1, -0.05) is 12.1 Å². The Morgan fingerprint density at radius 1 is 1.31 bits per heavy atom. The normalized spacial score (nSPS) is 24.4. The van der Waals surface area contributed by atoms with E-state index in [1.165, 1.54) is 0 Å². The maximum Gasteiger partial charge on any atom is 0.0996 e. The van der Waals surface area contributed by atoms with Gasteiger partial charge in [-0.25, -0.2) is 0 Å². The van der Waals surface area contributed by atoms with Gasteiger partial charge in [0.25, 0.3) is 0 Å². The van der Waals surface area contributed by atoms with Crippen molar-refractivity contribution in [2.45, 2.75) is 12.1 Å². The maximum absolute atomic E-state index is 9.68. The number of anilines is 2. The molecular formula is C12H18N2O2. The third-order valence-electron chi connectivity index (χ3n) is 2.78. The van der Waals surface area contributed by atoms with Gasteiger partial charge in [0.2, 0.25) is 0 Å². The summed E-state index contributed by atoms with van der Waals surface area (Å²) in [5, 5.41) is 13.0. The predicted molar refractivity (Wildman–Crippen MR) is 65.0 cm³/mol. The predicted octanol–water partition coefficient (Wildman–Crippen LogP) is 0.924. The van der Waals surface area contributed by atoms with Crippen LogP contribution in [-0.4, -0.2) is 44.6 Å². The lowest BCUT2D eigenvalue weighted by atomic mass is 10.2. The number of aliphatic hydroxyl groups excluding tert-OH is 1. The van der Waals surface area contributed by atoms with Crippen molar-refractivity contribution < 1.29 is 9.84 Å². The second-order valence-electron chi connectivity index (χ2n) is 4.27. The zero-order valence-electron chi connectivity index (χ0n) is 9.68. The first-order valence-electron chi connectivity index (χ1n) is 5.47. The molecule has 2 unspecified atom stereocenters. The van der Waals surface area contributed by atoms with E-state index >= 15 is 0 Å². The van der Waals surface area contributed by atoms with Crippen LogP contribution in [-0.2, 0) is 4.74 Å². The van der Waals surface area contributed by atoms with Crippen LogP contribution in [0.3, 0.4) is 0 Å². The van der Waals surface area contributed by atoms with E-state index in [1.807, 2.05) is 43.3 Å². The zero-order chi connectivity index (χ0) is 11.5. The minimum Gasteiger partial charge on any atom is -0.388 e. The van der Waals surface area contributed by atoms with Crippen molar-refractivity contribution in [3.05, 3.63) is 24.3 Å². The molecule has 88 valence electrons. The molecule has 0 radical (unpaired) electrons. The summed E-state index contributed by atoms with van der Waals surface area (Å²) in [6, 6.07) is 8.03. The van der Waals surface area contributed by atoms with Gasteiger partial charge in [-0.15, -0.1) is 0 Å². The van der Waals surface area contributed by atoms with Crippen LogP contribution >= 0.6 is 0 Å². The number of nitrogens with zero attached hydrogens (tertiary/aromatic N) is 1. The van der Waals surface area contributed by atoms with Crippen LogP contribution < -0.4 is 10.2 Å². The van der Waals surface area contributed by atoms with E-state index < -0.39 is 6.10 Å². The lowest BCUT2D eigenvalue weighted by molar-refractivity contribution is 0.125. The highest BCUT2D eigenvalue weighted by Gasteiger charge is 2.26. The summed E-state index contributed by atoms with van der Waals surface area (Å²) in [6.07, 6.45) is -0.421. The molecule has 1 heterocycles. The van der Waals surface area contributed by atoms with Gasteiger partial charge in [0.05, 0.1) is 36.7 Å². The Hall–Kier alpha value is -1.26. The van der Waals surface area contributed by atoms with Gasteiger partial charge in [-0.2, -0.15) is 0 Å². The van der Waals surface area contributed by atoms with Crippen LogP contribution in [0.5, 0.6) is 0 Å². The summed E-state index contributed by atoms with van der Waals surface area (Å²) < 4.78 is 5.22. The monoisotopic (exact) mass is 222 g/mol. The van der Waals surface area contributed by atoms with Crippen molar-refractivity contribution in [2.75, 3.05) is 37.5 Å². The molecule has 2 atom stereocenters. The topological polar surface area (TPSA) is 44.7 Å². The number of para-hydroxylation sites is 2. The van der Waals surface area contributed by atoms with Crippen molar-refractivity contribution in [3.8, 4) is 0 Å². The Kier molecular flexibility index (Phi) is 3.31. The van der Waals surface area contributed by atoms with E-state index in [0.717, 1.165) is 11.4 Å². The molecule has 0 amide bonds. The van der Waals surface area contributed by atoms with Crippen LogP contribution in [0.25, 0.3) is 0 Å². The van der Waals surface area contributed by atoms with Crippen LogP contribution in [0.2, 0.25) is 0 Å².